The van der Waals surface area contributed by atoms with Crippen molar-refractivity contribution in [2.75, 3.05) is 6.54 Å². The lowest BCUT2D eigenvalue weighted by atomic mass is 9.96. The third-order valence-electron chi connectivity index (χ3n) is 2.93. The van der Waals surface area contributed by atoms with Crippen LogP contribution in [-0.4, -0.2) is 12.6 Å². The first-order chi connectivity index (χ1) is 6.24. The number of hydrogen-bond acceptors (Lipinski definition) is 1. The molecular formula is C12H23N. The van der Waals surface area contributed by atoms with Gasteiger partial charge in [-0.25, -0.2) is 0 Å². The fourth-order valence-electron chi connectivity index (χ4n) is 2.33. The van der Waals surface area contributed by atoms with Gasteiger partial charge in [0.1, 0.15) is 0 Å². The van der Waals surface area contributed by atoms with Crippen LogP contribution in [0.25, 0.3) is 0 Å². The van der Waals surface area contributed by atoms with Gasteiger partial charge in [0.2, 0.25) is 0 Å². The molecule has 13 heavy (non-hydrogen) atoms. The van der Waals surface area contributed by atoms with E-state index in [0.717, 1.165) is 12.0 Å². The normalized spacial score (nSPS) is 27.8. The van der Waals surface area contributed by atoms with Crippen molar-refractivity contribution in [1.29, 1.82) is 0 Å². The van der Waals surface area contributed by atoms with Crippen molar-refractivity contribution in [1.82, 2.24) is 5.32 Å². The molecule has 1 N–H and O–H groups in total. The van der Waals surface area contributed by atoms with Gasteiger partial charge >= 0.3 is 0 Å². The van der Waals surface area contributed by atoms with Gasteiger partial charge in [-0.3, -0.25) is 0 Å². The minimum atomic E-state index is 0.775. The summed E-state index contributed by atoms with van der Waals surface area (Å²) in [5.41, 5.74) is 1.34. The van der Waals surface area contributed by atoms with Crippen LogP contribution in [-0.2, 0) is 0 Å². The first-order valence-corrected chi connectivity index (χ1v) is 5.61. The van der Waals surface area contributed by atoms with Gasteiger partial charge in [0.05, 0.1) is 0 Å². The van der Waals surface area contributed by atoms with Gasteiger partial charge in [0.25, 0.3) is 0 Å². The monoisotopic (exact) mass is 181 g/mol. The predicted molar refractivity (Wildman–Crippen MR) is 58.9 cm³/mol. The number of allylic oxidation sites excluding steroid dienone is 1. The van der Waals surface area contributed by atoms with Crippen LogP contribution in [0.2, 0.25) is 0 Å². The van der Waals surface area contributed by atoms with Gasteiger partial charge < -0.3 is 5.32 Å². The first kappa shape index (κ1) is 10.8. The molecule has 1 saturated carbocycles. The Balaban J connectivity index is 2.30. The van der Waals surface area contributed by atoms with Crippen LogP contribution in [0.15, 0.2) is 12.2 Å². The van der Waals surface area contributed by atoms with E-state index in [2.05, 4.69) is 25.7 Å². The standard InChI is InChI=1S/C12H23N/c1-4-8-13-12-7-5-6-11(12)9-10(2)3/h11-13H,2,4-9H2,1,3H3. The van der Waals surface area contributed by atoms with E-state index in [1.165, 1.54) is 44.2 Å². The fourth-order valence-corrected chi connectivity index (χ4v) is 2.33. The molecule has 0 aromatic rings. The highest BCUT2D eigenvalue weighted by Crippen LogP contribution is 2.30. The Morgan fingerprint density at radius 2 is 2.23 bits per heavy atom. The van der Waals surface area contributed by atoms with Crippen LogP contribution in [0.4, 0.5) is 0 Å². The maximum absolute atomic E-state index is 4.01. The molecule has 1 nitrogen and oxygen atoms in total. The predicted octanol–water partition coefficient (Wildman–Crippen LogP) is 3.12. The highest BCUT2D eigenvalue weighted by molar-refractivity contribution is 4.95. The summed E-state index contributed by atoms with van der Waals surface area (Å²) >= 11 is 0. The zero-order valence-corrected chi connectivity index (χ0v) is 9.10. The summed E-state index contributed by atoms with van der Waals surface area (Å²) in [6, 6.07) is 0.775. The maximum atomic E-state index is 4.01. The molecule has 0 aromatic carbocycles. The summed E-state index contributed by atoms with van der Waals surface area (Å²) in [5.74, 6) is 0.865. The van der Waals surface area contributed by atoms with Crippen LogP contribution in [0.5, 0.6) is 0 Å². The molecule has 0 heterocycles. The highest BCUT2D eigenvalue weighted by atomic mass is 14.9. The van der Waals surface area contributed by atoms with Crippen LogP contribution >= 0.6 is 0 Å². The quantitative estimate of drug-likeness (QED) is 0.643. The van der Waals surface area contributed by atoms with E-state index in [0.29, 0.717) is 0 Å². The van der Waals surface area contributed by atoms with Gasteiger partial charge in [-0.05, 0) is 45.1 Å². The molecule has 0 spiro atoms. The summed E-state index contributed by atoms with van der Waals surface area (Å²) < 4.78 is 0. The Morgan fingerprint density at radius 3 is 2.85 bits per heavy atom. The Hall–Kier alpha value is -0.300. The van der Waals surface area contributed by atoms with Crippen LogP contribution < -0.4 is 5.32 Å². The van der Waals surface area contributed by atoms with Gasteiger partial charge in [0.15, 0.2) is 0 Å². The molecule has 0 radical (unpaired) electrons. The van der Waals surface area contributed by atoms with E-state index in [-0.39, 0.29) is 0 Å². The molecule has 1 rings (SSSR count). The van der Waals surface area contributed by atoms with Crippen LogP contribution in [0.3, 0.4) is 0 Å². The Morgan fingerprint density at radius 1 is 1.46 bits per heavy atom. The number of hydrogen-bond donors (Lipinski definition) is 1. The Labute approximate surface area is 82.6 Å². The highest BCUT2D eigenvalue weighted by Gasteiger charge is 2.25. The molecule has 0 amide bonds. The van der Waals surface area contributed by atoms with Crippen molar-refractivity contribution in [3.05, 3.63) is 12.2 Å². The second kappa shape index (κ2) is 5.43. The van der Waals surface area contributed by atoms with Crippen molar-refractivity contribution in [3.8, 4) is 0 Å². The second-order valence-corrected chi connectivity index (χ2v) is 4.41. The maximum Gasteiger partial charge on any atom is 0.00983 e. The van der Waals surface area contributed by atoms with E-state index in [1.807, 2.05) is 0 Å². The van der Waals surface area contributed by atoms with Gasteiger partial charge in [0, 0.05) is 6.04 Å². The SMILES string of the molecule is C=C(C)CC1CCCC1NCCC. The lowest BCUT2D eigenvalue weighted by molar-refractivity contribution is 0.398. The Bertz CT molecular complexity index is 163. The molecule has 0 aliphatic heterocycles. The van der Waals surface area contributed by atoms with Crippen molar-refractivity contribution in [2.24, 2.45) is 5.92 Å². The number of rotatable bonds is 5. The lowest BCUT2D eigenvalue weighted by Gasteiger charge is -2.20. The van der Waals surface area contributed by atoms with Crippen molar-refractivity contribution >= 4 is 0 Å². The van der Waals surface area contributed by atoms with E-state index in [4.69, 9.17) is 0 Å². The summed E-state index contributed by atoms with van der Waals surface area (Å²) in [6.07, 6.45) is 6.64. The van der Waals surface area contributed by atoms with E-state index in [1.54, 1.807) is 0 Å². The van der Waals surface area contributed by atoms with Gasteiger partial charge in [-0.2, -0.15) is 0 Å². The van der Waals surface area contributed by atoms with Crippen LogP contribution in [0, 0.1) is 5.92 Å². The summed E-state index contributed by atoms with van der Waals surface area (Å²) in [5, 5.41) is 3.65. The zero-order chi connectivity index (χ0) is 9.68. The average Bonchev–Trinajstić information content (AvgIpc) is 2.48. The molecule has 1 aliphatic rings. The van der Waals surface area contributed by atoms with Crippen molar-refractivity contribution in [3.63, 3.8) is 0 Å². The lowest BCUT2D eigenvalue weighted by Crippen LogP contribution is -2.32. The van der Waals surface area contributed by atoms with E-state index in [9.17, 15) is 0 Å². The molecule has 0 saturated heterocycles. The van der Waals surface area contributed by atoms with E-state index >= 15 is 0 Å². The first-order valence-electron chi connectivity index (χ1n) is 5.61. The van der Waals surface area contributed by atoms with Crippen molar-refractivity contribution < 1.29 is 0 Å². The molecule has 1 heteroatoms. The zero-order valence-electron chi connectivity index (χ0n) is 9.10. The third-order valence-corrected chi connectivity index (χ3v) is 2.93. The minimum absolute atomic E-state index is 0.775. The number of nitrogens with one attached hydrogen (secondary N) is 1. The summed E-state index contributed by atoms with van der Waals surface area (Å²) in [7, 11) is 0. The molecule has 0 aromatic heterocycles. The molecule has 1 aliphatic carbocycles. The average molecular weight is 181 g/mol. The molecule has 0 bridgehead atoms. The van der Waals surface area contributed by atoms with Gasteiger partial charge in [-0.1, -0.05) is 18.9 Å². The third kappa shape index (κ3) is 3.51. The summed E-state index contributed by atoms with van der Waals surface area (Å²) in [4.78, 5) is 0. The second-order valence-electron chi connectivity index (χ2n) is 4.41. The molecule has 1 fully saturated rings. The largest absolute Gasteiger partial charge is 0.314 e. The smallest absolute Gasteiger partial charge is 0.00983 e. The fraction of sp³-hybridized carbons (Fsp3) is 0.833. The molecule has 2 unspecified atom stereocenters. The molecule has 2 atom stereocenters. The van der Waals surface area contributed by atoms with Crippen molar-refractivity contribution in [2.45, 2.75) is 52.0 Å². The Kier molecular flexibility index (Phi) is 4.51. The molecular weight excluding hydrogens is 158 g/mol. The molecule has 76 valence electrons. The van der Waals surface area contributed by atoms with E-state index < -0.39 is 0 Å². The van der Waals surface area contributed by atoms with Crippen LogP contribution in [0.1, 0.15) is 46.0 Å². The topological polar surface area (TPSA) is 12.0 Å². The summed E-state index contributed by atoms with van der Waals surface area (Å²) in [6.45, 7) is 9.56. The van der Waals surface area contributed by atoms with Gasteiger partial charge in [-0.15, -0.1) is 6.58 Å². The minimum Gasteiger partial charge on any atom is -0.314 e.